The largest absolute Gasteiger partial charge is 0.435 e. The SMILES string of the molecule is CC(C)Cn1c(N)c(C(=O)CN(C)Cc2ccc(OC(F)F)cc2)c(=O)n(C)c1=O. The summed E-state index contributed by atoms with van der Waals surface area (Å²) in [5.41, 5.74) is 5.27. The highest BCUT2D eigenvalue weighted by Crippen LogP contribution is 2.16. The van der Waals surface area contributed by atoms with E-state index in [2.05, 4.69) is 4.74 Å². The number of nitrogens with two attached hydrogens (primary N) is 1. The molecule has 2 rings (SSSR count). The van der Waals surface area contributed by atoms with E-state index in [1.54, 1.807) is 24.1 Å². The van der Waals surface area contributed by atoms with E-state index < -0.39 is 23.6 Å². The van der Waals surface area contributed by atoms with E-state index in [1.807, 2.05) is 13.8 Å². The first-order chi connectivity index (χ1) is 14.0. The van der Waals surface area contributed by atoms with Crippen LogP contribution in [0.1, 0.15) is 29.8 Å². The van der Waals surface area contributed by atoms with Gasteiger partial charge in [0.15, 0.2) is 5.78 Å². The first-order valence-electron chi connectivity index (χ1n) is 9.36. The Labute approximate surface area is 172 Å². The summed E-state index contributed by atoms with van der Waals surface area (Å²) in [5, 5.41) is 0. The van der Waals surface area contributed by atoms with Gasteiger partial charge >= 0.3 is 12.3 Å². The number of benzene rings is 1. The first kappa shape index (κ1) is 23.3. The van der Waals surface area contributed by atoms with Crippen LogP contribution in [-0.4, -0.2) is 40.0 Å². The van der Waals surface area contributed by atoms with Crippen molar-refractivity contribution in [2.45, 2.75) is 33.5 Å². The van der Waals surface area contributed by atoms with Crippen LogP contribution in [0.25, 0.3) is 0 Å². The van der Waals surface area contributed by atoms with Gasteiger partial charge in [0.25, 0.3) is 5.56 Å². The minimum atomic E-state index is -2.90. The summed E-state index contributed by atoms with van der Waals surface area (Å²) in [7, 11) is 2.98. The number of halogens is 2. The number of hydrogen-bond acceptors (Lipinski definition) is 6. The van der Waals surface area contributed by atoms with Gasteiger partial charge in [0.1, 0.15) is 17.1 Å². The molecule has 164 valence electrons. The molecule has 0 saturated carbocycles. The summed E-state index contributed by atoms with van der Waals surface area (Å²) in [4.78, 5) is 39.3. The fourth-order valence-electron chi connectivity index (χ4n) is 3.05. The molecule has 0 aliphatic rings. The van der Waals surface area contributed by atoms with Crippen LogP contribution in [0.5, 0.6) is 5.75 Å². The highest BCUT2D eigenvalue weighted by molar-refractivity contribution is 6.01. The van der Waals surface area contributed by atoms with Crippen molar-refractivity contribution in [1.29, 1.82) is 0 Å². The Morgan fingerprint density at radius 3 is 2.33 bits per heavy atom. The fraction of sp³-hybridized carbons (Fsp3) is 0.450. The summed E-state index contributed by atoms with van der Waals surface area (Å²) < 4.78 is 30.9. The van der Waals surface area contributed by atoms with Crippen LogP contribution in [0.3, 0.4) is 0 Å². The highest BCUT2D eigenvalue weighted by Gasteiger charge is 2.22. The van der Waals surface area contributed by atoms with Crippen LogP contribution in [0, 0.1) is 5.92 Å². The maximum Gasteiger partial charge on any atom is 0.387 e. The highest BCUT2D eigenvalue weighted by atomic mass is 19.3. The molecule has 0 aliphatic carbocycles. The standard InChI is InChI=1S/C20H26F2N4O4/c1-12(2)9-26-17(23)16(18(28)25(4)20(26)29)15(27)11-24(3)10-13-5-7-14(8-6-13)30-19(21)22/h5-8,12,19H,9-11,23H2,1-4H3. The summed E-state index contributed by atoms with van der Waals surface area (Å²) in [6.45, 7) is 1.37. The average Bonchev–Trinajstić information content (AvgIpc) is 2.64. The number of Topliss-reactive ketones (excluding diaryl/α,β-unsaturated/α-hetero) is 1. The minimum Gasteiger partial charge on any atom is -0.435 e. The van der Waals surface area contributed by atoms with Crippen molar-refractivity contribution in [3.05, 3.63) is 56.2 Å². The van der Waals surface area contributed by atoms with E-state index >= 15 is 0 Å². The Morgan fingerprint density at radius 1 is 1.20 bits per heavy atom. The van der Waals surface area contributed by atoms with Crippen molar-refractivity contribution in [2.75, 3.05) is 19.3 Å². The second-order valence-corrected chi connectivity index (χ2v) is 7.53. The zero-order valence-corrected chi connectivity index (χ0v) is 17.4. The van der Waals surface area contributed by atoms with Crippen LogP contribution >= 0.6 is 0 Å². The normalized spacial score (nSPS) is 11.5. The van der Waals surface area contributed by atoms with Crippen molar-refractivity contribution in [2.24, 2.45) is 13.0 Å². The molecular formula is C20H26F2N4O4. The third kappa shape index (κ3) is 5.53. The lowest BCUT2D eigenvalue weighted by Gasteiger charge is -2.19. The summed E-state index contributed by atoms with van der Waals surface area (Å²) in [6, 6.07) is 6.03. The van der Waals surface area contributed by atoms with E-state index in [4.69, 9.17) is 5.73 Å². The van der Waals surface area contributed by atoms with E-state index in [-0.39, 0.29) is 36.1 Å². The van der Waals surface area contributed by atoms with Crippen molar-refractivity contribution in [3.8, 4) is 5.75 Å². The van der Waals surface area contributed by atoms with Gasteiger partial charge in [-0.15, -0.1) is 0 Å². The molecule has 1 aromatic heterocycles. The Kier molecular flexibility index (Phi) is 7.49. The second kappa shape index (κ2) is 9.66. The molecule has 1 aromatic carbocycles. The van der Waals surface area contributed by atoms with Crippen LogP contribution in [0.15, 0.2) is 33.9 Å². The molecule has 2 N–H and O–H groups in total. The molecule has 0 radical (unpaired) electrons. The van der Waals surface area contributed by atoms with Crippen molar-refractivity contribution < 1.29 is 18.3 Å². The van der Waals surface area contributed by atoms with Crippen molar-refractivity contribution in [3.63, 3.8) is 0 Å². The zero-order chi connectivity index (χ0) is 22.6. The van der Waals surface area contributed by atoms with Gasteiger partial charge in [-0.25, -0.2) is 4.79 Å². The number of carbonyl (C=O) groups is 1. The van der Waals surface area contributed by atoms with Gasteiger partial charge < -0.3 is 10.5 Å². The quantitative estimate of drug-likeness (QED) is 0.615. The van der Waals surface area contributed by atoms with Gasteiger partial charge in [-0.1, -0.05) is 26.0 Å². The number of carbonyl (C=O) groups excluding carboxylic acids is 1. The van der Waals surface area contributed by atoms with E-state index in [0.29, 0.717) is 6.54 Å². The molecular weight excluding hydrogens is 398 g/mol. The Balaban J connectivity index is 2.20. The van der Waals surface area contributed by atoms with E-state index in [0.717, 1.165) is 10.1 Å². The molecule has 0 fully saturated rings. The fourth-order valence-corrected chi connectivity index (χ4v) is 3.05. The van der Waals surface area contributed by atoms with Crippen LogP contribution in [-0.2, 0) is 20.1 Å². The van der Waals surface area contributed by atoms with E-state index in [1.165, 1.54) is 23.7 Å². The summed E-state index contributed by atoms with van der Waals surface area (Å²) in [6.07, 6.45) is 0. The number of ketones is 1. The van der Waals surface area contributed by atoms with Crippen LogP contribution < -0.4 is 21.7 Å². The topological polar surface area (TPSA) is 99.6 Å². The number of rotatable bonds is 9. The lowest BCUT2D eigenvalue weighted by Crippen LogP contribution is -2.44. The second-order valence-electron chi connectivity index (χ2n) is 7.53. The maximum atomic E-state index is 12.8. The Bertz CT molecular complexity index is 1010. The number of alkyl halides is 2. The third-order valence-electron chi connectivity index (χ3n) is 4.42. The van der Waals surface area contributed by atoms with Gasteiger partial charge in [-0.05, 0) is 30.7 Å². The van der Waals surface area contributed by atoms with Crippen LogP contribution in [0.4, 0.5) is 14.6 Å². The predicted octanol–water partition coefficient (Wildman–Crippen LogP) is 1.70. The molecule has 8 nitrogen and oxygen atoms in total. The Morgan fingerprint density at radius 2 is 1.80 bits per heavy atom. The predicted molar refractivity (Wildman–Crippen MR) is 109 cm³/mol. The molecule has 0 amide bonds. The molecule has 1 heterocycles. The van der Waals surface area contributed by atoms with Gasteiger partial charge in [-0.2, -0.15) is 8.78 Å². The summed E-state index contributed by atoms with van der Waals surface area (Å²) >= 11 is 0. The van der Waals surface area contributed by atoms with E-state index in [9.17, 15) is 23.2 Å². The summed E-state index contributed by atoms with van der Waals surface area (Å²) in [5.74, 6) is -0.518. The van der Waals surface area contributed by atoms with Gasteiger partial charge in [-0.3, -0.25) is 23.6 Å². The maximum absolute atomic E-state index is 12.8. The number of ether oxygens (including phenoxy) is 1. The Hall–Kier alpha value is -3.01. The lowest BCUT2D eigenvalue weighted by molar-refractivity contribution is -0.0498. The smallest absolute Gasteiger partial charge is 0.387 e. The van der Waals surface area contributed by atoms with Crippen molar-refractivity contribution in [1.82, 2.24) is 14.0 Å². The zero-order valence-electron chi connectivity index (χ0n) is 17.4. The molecule has 0 bridgehead atoms. The number of likely N-dealkylation sites (N-methyl/N-ethyl adjacent to an activating group) is 1. The minimum absolute atomic E-state index is 0.0381. The van der Waals surface area contributed by atoms with Gasteiger partial charge in [0.05, 0.1) is 6.54 Å². The number of aromatic nitrogens is 2. The van der Waals surface area contributed by atoms with Crippen LogP contribution in [0.2, 0.25) is 0 Å². The molecule has 0 spiro atoms. The number of nitrogens with zero attached hydrogens (tertiary/aromatic N) is 3. The third-order valence-corrected chi connectivity index (χ3v) is 4.42. The van der Waals surface area contributed by atoms with Gasteiger partial charge in [0, 0.05) is 20.1 Å². The first-order valence-corrected chi connectivity index (χ1v) is 9.36. The van der Waals surface area contributed by atoms with Crippen molar-refractivity contribution >= 4 is 11.6 Å². The molecule has 0 atom stereocenters. The number of hydrogen-bond donors (Lipinski definition) is 1. The molecule has 0 unspecified atom stereocenters. The molecule has 10 heteroatoms. The molecule has 0 aliphatic heterocycles. The monoisotopic (exact) mass is 424 g/mol. The van der Waals surface area contributed by atoms with Gasteiger partial charge in [0.2, 0.25) is 0 Å². The molecule has 30 heavy (non-hydrogen) atoms. The lowest BCUT2D eigenvalue weighted by atomic mass is 10.1. The number of nitrogen functional groups attached to an aromatic ring is 1. The number of anilines is 1. The molecule has 0 saturated heterocycles. The average molecular weight is 424 g/mol. The molecule has 2 aromatic rings.